The average molecular weight is 411 g/mol. The number of ether oxygens (including phenoxy) is 1. The Morgan fingerprint density at radius 3 is 2.60 bits per heavy atom. The summed E-state index contributed by atoms with van der Waals surface area (Å²) in [5, 5.41) is 2.57. The van der Waals surface area contributed by atoms with E-state index >= 15 is 0 Å². The molecule has 0 bridgehead atoms. The molecule has 1 amide bonds. The van der Waals surface area contributed by atoms with Crippen LogP contribution < -0.4 is 5.32 Å². The number of para-hydroxylation sites is 3. The monoisotopic (exact) mass is 411 g/mol. The van der Waals surface area contributed by atoms with Gasteiger partial charge in [0.15, 0.2) is 11.6 Å². The van der Waals surface area contributed by atoms with Crippen LogP contribution in [-0.2, 0) is 11.3 Å². The summed E-state index contributed by atoms with van der Waals surface area (Å²) in [6.07, 6.45) is 1.35. The number of aromatic nitrogens is 2. The predicted molar refractivity (Wildman–Crippen MR) is 103 cm³/mol. The van der Waals surface area contributed by atoms with E-state index in [4.69, 9.17) is 9.15 Å². The van der Waals surface area contributed by atoms with E-state index in [0.717, 1.165) is 0 Å². The van der Waals surface area contributed by atoms with Crippen molar-refractivity contribution in [2.75, 3.05) is 5.32 Å². The molecule has 1 N–H and O–H groups in total. The van der Waals surface area contributed by atoms with Crippen molar-refractivity contribution in [1.82, 2.24) is 9.55 Å². The number of rotatable bonds is 6. The van der Waals surface area contributed by atoms with Crippen molar-refractivity contribution in [2.24, 2.45) is 0 Å². The highest BCUT2D eigenvalue weighted by molar-refractivity contribution is 6.06. The number of amides is 1. The molecule has 0 fully saturated rings. The van der Waals surface area contributed by atoms with Gasteiger partial charge in [-0.15, -0.1) is 0 Å². The lowest BCUT2D eigenvalue weighted by molar-refractivity contribution is 0.0388. The number of nitrogens with zero attached hydrogens (tertiary/aromatic N) is 2. The van der Waals surface area contributed by atoms with Gasteiger partial charge < -0.3 is 14.5 Å². The number of fused-ring (bicyclic) bond motifs is 1. The molecule has 0 unspecified atom stereocenters. The standard InChI is InChI=1S/C21H15F2N3O4/c22-21(23)26-16-9-4-3-8-15(16)24-18(26)12-30-20(28)13-6-1-2-7-14(13)25-19(27)17-10-5-11-29-17/h1-11,21H,12H2,(H,25,27). The molecular formula is C21H15F2N3O4. The van der Waals surface area contributed by atoms with Crippen molar-refractivity contribution in [3.05, 3.63) is 84.1 Å². The van der Waals surface area contributed by atoms with Crippen molar-refractivity contribution < 1.29 is 27.5 Å². The van der Waals surface area contributed by atoms with Crippen molar-refractivity contribution in [3.8, 4) is 0 Å². The second kappa shape index (κ2) is 8.16. The van der Waals surface area contributed by atoms with Gasteiger partial charge in [-0.25, -0.2) is 9.78 Å². The van der Waals surface area contributed by atoms with Crippen molar-refractivity contribution in [2.45, 2.75) is 13.2 Å². The van der Waals surface area contributed by atoms with Crippen LogP contribution in [-0.4, -0.2) is 21.4 Å². The molecule has 4 rings (SSSR count). The quantitative estimate of drug-likeness (QED) is 0.468. The number of benzene rings is 2. The smallest absolute Gasteiger partial charge is 0.340 e. The molecule has 4 aromatic rings. The van der Waals surface area contributed by atoms with Crippen LogP contribution in [0, 0.1) is 0 Å². The van der Waals surface area contributed by atoms with E-state index < -0.39 is 25.0 Å². The van der Waals surface area contributed by atoms with Crippen LogP contribution >= 0.6 is 0 Å². The summed E-state index contributed by atoms with van der Waals surface area (Å²) in [7, 11) is 0. The van der Waals surface area contributed by atoms with Gasteiger partial charge in [0.2, 0.25) is 0 Å². The van der Waals surface area contributed by atoms with E-state index in [9.17, 15) is 18.4 Å². The first kappa shape index (κ1) is 19.3. The highest BCUT2D eigenvalue weighted by Crippen LogP contribution is 2.24. The molecule has 7 nitrogen and oxygen atoms in total. The maximum Gasteiger partial charge on any atom is 0.340 e. The Labute approximate surface area is 168 Å². The van der Waals surface area contributed by atoms with Crippen molar-refractivity contribution >= 4 is 28.6 Å². The van der Waals surface area contributed by atoms with Gasteiger partial charge in [-0.1, -0.05) is 24.3 Å². The minimum Gasteiger partial charge on any atom is -0.459 e. The first-order valence-corrected chi connectivity index (χ1v) is 8.89. The predicted octanol–water partition coefficient (Wildman–Crippen LogP) is 4.63. The average Bonchev–Trinajstić information content (AvgIpc) is 3.40. The fraction of sp³-hybridized carbons (Fsp3) is 0.0952. The van der Waals surface area contributed by atoms with E-state index in [1.54, 1.807) is 36.4 Å². The van der Waals surface area contributed by atoms with Crippen LogP contribution in [0.3, 0.4) is 0 Å². The lowest BCUT2D eigenvalue weighted by atomic mass is 10.1. The van der Waals surface area contributed by atoms with Crippen molar-refractivity contribution in [1.29, 1.82) is 0 Å². The molecule has 2 aromatic carbocycles. The Balaban J connectivity index is 1.54. The fourth-order valence-corrected chi connectivity index (χ4v) is 2.98. The van der Waals surface area contributed by atoms with Crippen LogP contribution in [0.1, 0.15) is 33.3 Å². The van der Waals surface area contributed by atoms with E-state index in [1.165, 1.54) is 30.5 Å². The van der Waals surface area contributed by atoms with Gasteiger partial charge in [0, 0.05) is 0 Å². The number of carbonyl (C=O) groups is 2. The maximum atomic E-state index is 13.5. The largest absolute Gasteiger partial charge is 0.459 e. The van der Waals surface area contributed by atoms with Gasteiger partial charge in [0.05, 0.1) is 28.5 Å². The first-order chi connectivity index (χ1) is 14.5. The molecule has 0 spiro atoms. The summed E-state index contributed by atoms with van der Waals surface area (Å²) in [6, 6.07) is 15.6. The van der Waals surface area contributed by atoms with Gasteiger partial charge in [0.1, 0.15) is 6.61 Å². The number of nitrogens with one attached hydrogen (secondary N) is 1. The van der Waals surface area contributed by atoms with Gasteiger partial charge in [0.25, 0.3) is 5.91 Å². The number of furan rings is 1. The molecule has 0 saturated carbocycles. The zero-order valence-corrected chi connectivity index (χ0v) is 15.4. The summed E-state index contributed by atoms with van der Waals surface area (Å²) < 4.78 is 38.0. The molecule has 2 aromatic heterocycles. The number of halogens is 2. The fourth-order valence-electron chi connectivity index (χ4n) is 2.98. The normalized spacial score (nSPS) is 11.0. The minimum absolute atomic E-state index is 0.0668. The third-order valence-corrected chi connectivity index (χ3v) is 4.34. The van der Waals surface area contributed by atoms with Gasteiger partial charge >= 0.3 is 12.5 Å². The maximum absolute atomic E-state index is 13.5. The molecular weight excluding hydrogens is 396 g/mol. The van der Waals surface area contributed by atoms with Crippen molar-refractivity contribution in [3.63, 3.8) is 0 Å². The highest BCUT2D eigenvalue weighted by atomic mass is 19.3. The molecule has 0 aliphatic heterocycles. The molecule has 2 heterocycles. The number of imidazole rings is 1. The zero-order valence-electron chi connectivity index (χ0n) is 15.4. The third kappa shape index (κ3) is 3.77. The Bertz CT molecular complexity index is 1200. The van der Waals surface area contributed by atoms with Gasteiger partial charge in [-0.05, 0) is 36.4 Å². The molecule has 0 atom stereocenters. The molecule has 30 heavy (non-hydrogen) atoms. The molecule has 9 heteroatoms. The Morgan fingerprint density at radius 2 is 1.83 bits per heavy atom. The Morgan fingerprint density at radius 1 is 1.07 bits per heavy atom. The minimum atomic E-state index is -2.84. The van der Waals surface area contributed by atoms with Gasteiger partial charge in [-0.2, -0.15) is 8.78 Å². The molecule has 0 aliphatic carbocycles. The van der Waals surface area contributed by atoms with E-state index in [-0.39, 0.29) is 28.4 Å². The second-order valence-electron chi connectivity index (χ2n) is 6.22. The number of alkyl halides is 2. The topological polar surface area (TPSA) is 86.4 Å². The van der Waals surface area contributed by atoms with E-state index in [1.807, 2.05) is 0 Å². The molecule has 0 radical (unpaired) electrons. The Kier molecular flexibility index (Phi) is 5.25. The number of hydrogen-bond donors (Lipinski definition) is 1. The summed E-state index contributed by atoms with van der Waals surface area (Å²) in [5.41, 5.74) is 0.878. The number of hydrogen-bond acceptors (Lipinski definition) is 5. The Hall–Kier alpha value is -4.01. The van der Waals surface area contributed by atoms with Crippen LogP contribution in [0.4, 0.5) is 14.5 Å². The molecule has 0 aliphatic rings. The SMILES string of the molecule is O=C(Nc1ccccc1C(=O)OCc1nc2ccccc2n1C(F)F)c1ccco1. The molecule has 0 saturated heterocycles. The number of carbonyl (C=O) groups excluding carboxylic acids is 2. The van der Waals surface area contributed by atoms with E-state index in [2.05, 4.69) is 10.3 Å². The summed E-state index contributed by atoms with van der Waals surface area (Å²) >= 11 is 0. The first-order valence-electron chi connectivity index (χ1n) is 8.89. The van der Waals surface area contributed by atoms with Crippen LogP contribution in [0.25, 0.3) is 11.0 Å². The number of esters is 1. The van der Waals surface area contributed by atoms with Crippen LogP contribution in [0.5, 0.6) is 0 Å². The lowest BCUT2D eigenvalue weighted by Gasteiger charge is -2.11. The lowest BCUT2D eigenvalue weighted by Crippen LogP contribution is -2.16. The summed E-state index contributed by atoms with van der Waals surface area (Å²) in [6.45, 7) is -3.30. The van der Waals surface area contributed by atoms with E-state index in [0.29, 0.717) is 10.1 Å². The van der Waals surface area contributed by atoms with Crippen LogP contribution in [0.2, 0.25) is 0 Å². The summed E-state index contributed by atoms with van der Waals surface area (Å²) in [4.78, 5) is 28.9. The van der Waals surface area contributed by atoms with Crippen LogP contribution in [0.15, 0.2) is 71.3 Å². The summed E-state index contributed by atoms with van der Waals surface area (Å²) in [5.74, 6) is -1.35. The highest BCUT2D eigenvalue weighted by Gasteiger charge is 2.21. The second-order valence-corrected chi connectivity index (χ2v) is 6.22. The van der Waals surface area contributed by atoms with Gasteiger partial charge in [-0.3, -0.25) is 9.36 Å². The molecule has 152 valence electrons. The zero-order chi connectivity index (χ0) is 21.1. The third-order valence-electron chi connectivity index (χ3n) is 4.34. The number of anilines is 1.